The molecule has 1 saturated heterocycles. The Balaban J connectivity index is 1.84. The van der Waals surface area contributed by atoms with Gasteiger partial charge in [0, 0.05) is 18.3 Å². The largest absolute Gasteiger partial charge is 0.325 e. The van der Waals surface area contributed by atoms with Crippen LogP contribution in [0, 0.1) is 17.6 Å². The summed E-state index contributed by atoms with van der Waals surface area (Å²) in [6, 6.07) is 3.36. The zero-order chi connectivity index (χ0) is 15.2. The average Bonchev–Trinajstić information content (AvgIpc) is 2.43. The van der Waals surface area contributed by atoms with Crippen LogP contribution < -0.4 is 10.6 Å². The number of amides is 1. The van der Waals surface area contributed by atoms with Gasteiger partial charge in [-0.25, -0.2) is 8.78 Å². The predicted molar refractivity (Wildman–Crippen MR) is 78.1 cm³/mol. The van der Waals surface area contributed by atoms with Gasteiger partial charge in [0.15, 0.2) is 11.6 Å². The molecule has 0 aliphatic carbocycles. The number of nitrogens with zero attached hydrogens (tertiary/aromatic N) is 1. The molecule has 0 aromatic heterocycles. The summed E-state index contributed by atoms with van der Waals surface area (Å²) < 4.78 is 25.9. The summed E-state index contributed by atoms with van der Waals surface area (Å²) in [5.41, 5.74) is 0.280. The summed E-state index contributed by atoms with van der Waals surface area (Å²) in [4.78, 5) is 14.1. The topological polar surface area (TPSA) is 44.4 Å². The molecule has 0 bridgehead atoms. The minimum atomic E-state index is -0.958. The van der Waals surface area contributed by atoms with Gasteiger partial charge in [-0.15, -0.1) is 0 Å². The molecule has 1 aromatic carbocycles. The van der Waals surface area contributed by atoms with E-state index in [0.717, 1.165) is 38.2 Å². The van der Waals surface area contributed by atoms with Crippen molar-refractivity contribution >= 4 is 11.6 Å². The Hall–Kier alpha value is -1.53. The van der Waals surface area contributed by atoms with E-state index in [-0.39, 0.29) is 18.1 Å². The molecule has 6 heteroatoms. The molecule has 1 fully saturated rings. The molecule has 1 heterocycles. The number of piperidine rings is 1. The number of rotatable bonds is 5. The first-order valence-corrected chi connectivity index (χ1v) is 7.20. The van der Waals surface area contributed by atoms with Crippen LogP contribution in [0.25, 0.3) is 0 Å². The highest BCUT2D eigenvalue weighted by molar-refractivity contribution is 5.92. The standard InChI is InChI=1S/C15H21F2N3O/c1-18-8-11-3-2-6-20(9-11)10-15(21)19-12-4-5-13(16)14(17)7-12/h4-5,7,11,18H,2-3,6,8-10H2,1H3,(H,19,21). The zero-order valence-electron chi connectivity index (χ0n) is 12.2. The SMILES string of the molecule is CNCC1CCCN(CC(=O)Nc2ccc(F)c(F)c2)C1. The summed E-state index contributed by atoms with van der Waals surface area (Å²) in [6.07, 6.45) is 2.24. The number of nitrogens with one attached hydrogen (secondary N) is 2. The van der Waals surface area contributed by atoms with Gasteiger partial charge in [-0.1, -0.05) is 0 Å². The third-order valence-electron chi connectivity index (χ3n) is 3.67. The molecular formula is C15H21F2N3O. The third kappa shape index (κ3) is 4.75. The molecule has 0 saturated carbocycles. The first kappa shape index (κ1) is 15.9. The van der Waals surface area contributed by atoms with Crippen LogP contribution in [0.4, 0.5) is 14.5 Å². The molecule has 0 radical (unpaired) electrons. The van der Waals surface area contributed by atoms with Gasteiger partial charge in [0.05, 0.1) is 6.54 Å². The van der Waals surface area contributed by atoms with Crippen LogP contribution in [-0.2, 0) is 4.79 Å². The quantitative estimate of drug-likeness (QED) is 0.871. The van der Waals surface area contributed by atoms with E-state index in [1.54, 1.807) is 0 Å². The van der Waals surface area contributed by atoms with Crippen molar-refractivity contribution in [2.45, 2.75) is 12.8 Å². The molecule has 4 nitrogen and oxygen atoms in total. The number of benzene rings is 1. The molecule has 21 heavy (non-hydrogen) atoms. The molecule has 1 amide bonds. The van der Waals surface area contributed by atoms with Crippen LogP contribution in [0.15, 0.2) is 18.2 Å². The summed E-state index contributed by atoms with van der Waals surface area (Å²) in [5.74, 6) is -1.52. The highest BCUT2D eigenvalue weighted by atomic mass is 19.2. The molecular weight excluding hydrogens is 276 g/mol. The van der Waals surface area contributed by atoms with Crippen LogP contribution >= 0.6 is 0 Å². The summed E-state index contributed by atoms with van der Waals surface area (Å²) >= 11 is 0. The zero-order valence-corrected chi connectivity index (χ0v) is 12.2. The maximum Gasteiger partial charge on any atom is 0.238 e. The van der Waals surface area contributed by atoms with Gasteiger partial charge in [-0.2, -0.15) is 0 Å². The number of carbonyl (C=O) groups excluding carboxylic acids is 1. The van der Waals surface area contributed by atoms with Gasteiger partial charge in [0.25, 0.3) is 0 Å². The lowest BCUT2D eigenvalue weighted by atomic mass is 9.98. The van der Waals surface area contributed by atoms with E-state index >= 15 is 0 Å². The molecule has 1 atom stereocenters. The van der Waals surface area contributed by atoms with Crippen molar-refractivity contribution in [1.29, 1.82) is 0 Å². The molecule has 1 aliphatic rings. The number of likely N-dealkylation sites (tertiary alicyclic amines) is 1. The van der Waals surface area contributed by atoms with E-state index in [0.29, 0.717) is 5.92 Å². The Kier molecular flexibility index (Phi) is 5.64. The van der Waals surface area contributed by atoms with Crippen molar-refractivity contribution in [2.75, 3.05) is 38.5 Å². The number of hydrogen-bond acceptors (Lipinski definition) is 3. The highest BCUT2D eigenvalue weighted by Gasteiger charge is 2.21. The van der Waals surface area contributed by atoms with E-state index in [9.17, 15) is 13.6 Å². The van der Waals surface area contributed by atoms with E-state index in [1.165, 1.54) is 12.5 Å². The Labute approximate surface area is 123 Å². The highest BCUT2D eigenvalue weighted by Crippen LogP contribution is 2.16. The molecule has 116 valence electrons. The predicted octanol–water partition coefficient (Wildman–Crippen LogP) is 1.83. The van der Waals surface area contributed by atoms with Crippen molar-refractivity contribution in [2.24, 2.45) is 5.92 Å². The normalized spacial score (nSPS) is 19.5. The van der Waals surface area contributed by atoms with E-state index in [1.807, 2.05) is 7.05 Å². The number of anilines is 1. The minimum absolute atomic E-state index is 0.203. The van der Waals surface area contributed by atoms with Gasteiger partial charge in [-0.05, 0) is 51.0 Å². The Morgan fingerprint density at radius 3 is 2.90 bits per heavy atom. The third-order valence-corrected chi connectivity index (χ3v) is 3.67. The Bertz CT molecular complexity index is 494. The molecule has 2 N–H and O–H groups in total. The lowest BCUT2D eigenvalue weighted by Gasteiger charge is -2.32. The van der Waals surface area contributed by atoms with Crippen molar-refractivity contribution in [3.05, 3.63) is 29.8 Å². The molecule has 1 unspecified atom stereocenters. The summed E-state index contributed by atoms with van der Waals surface area (Å²) in [7, 11) is 1.93. The summed E-state index contributed by atoms with van der Waals surface area (Å²) in [5, 5.41) is 5.76. The number of halogens is 2. The monoisotopic (exact) mass is 297 g/mol. The second kappa shape index (κ2) is 7.47. The second-order valence-corrected chi connectivity index (χ2v) is 5.48. The first-order valence-electron chi connectivity index (χ1n) is 7.20. The molecule has 1 aromatic rings. The van der Waals surface area contributed by atoms with E-state index in [4.69, 9.17) is 0 Å². The van der Waals surface area contributed by atoms with Gasteiger partial charge < -0.3 is 10.6 Å². The van der Waals surface area contributed by atoms with Crippen molar-refractivity contribution < 1.29 is 13.6 Å². The van der Waals surface area contributed by atoms with Crippen molar-refractivity contribution in [3.8, 4) is 0 Å². The fourth-order valence-electron chi connectivity index (χ4n) is 2.73. The van der Waals surface area contributed by atoms with Crippen LogP contribution in [-0.4, -0.2) is 44.0 Å². The molecule has 1 aliphatic heterocycles. The molecule has 0 spiro atoms. The van der Waals surface area contributed by atoms with Gasteiger partial charge in [0.2, 0.25) is 5.91 Å². The fraction of sp³-hybridized carbons (Fsp3) is 0.533. The Morgan fingerprint density at radius 1 is 1.38 bits per heavy atom. The first-order chi connectivity index (χ1) is 10.1. The smallest absolute Gasteiger partial charge is 0.238 e. The lowest BCUT2D eigenvalue weighted by Crippen LogP contribution is -2.42. The summed E-state index contributed by atoms with van der Waals surface area (Å²) in [6.45, 7) is 3.00. The second-order valence-electron chi connectivity index (χ2n) is 5.48. The van der Waals surface area contributed by atoms with Crippen LogP contribution in [0.1, 0.15) is 12.8 Å². The average molecular weight is 297 g/mol. The fourth-order valence-corrected chi connectivity index (χ4v) is 2.73. The molecule has 2 rings (SSSR count). The maximum atomic E-state index is 13.1. The van der Waals surface area contributed by atoms with Crippen molar-refractivity contribution in [1.82, 2.24) is 10.2 Å². The van der Waals surface area contributed by atoms with E-state index < -0.39 is 11.6 Å². The van der Waals surface area contributed by atoms with E-state index in [2.05, 4.69) is 15.5 Å². The number of hydrogen-bond donors (Lipinski definition) is 2. The van der Waals surface area contributed by atoms with Crippen molar-refractivity contribution in [3.63, 3.8) is 0 Å². The van der Waals surface area contributed by atoms with Gasteiger partial charge in [0.1, 0.15) is 0 Å². The van der Waals surface area contributed by atoms with Crippen LogP contribution in [0.2, 0.25) is 0 Å². The Morgan fingerprint density at radius 2 is 2.19 bits per heavy atom. The minimum Gasteiger partial charge on any atom is -0.325 e. The number of carbonyl (C=O) groups is 1. The van der Waals surface area contributed by atoms with Crippen LogP contribution in [0.3, 0.4) is 0 Å². The van der Waals surface area contributed by atoms with Gasteiger partial charge in [-0.3, -0.25) is 9.69 Å². The van der Waals surface area contributed by atoms with Crippen LogP contribution in [0.5, 0.6) is 0 Å². The lowest BCUT2D eigenvalue weighted by molar-refractivity contribution is -0.117. The maximum absolute atomic E-state index is 13.1. The van der Waals surface area contributed by atoms with Gasteiger partial charge >= 0.3 is 0 Å².